The minimum Gasteiger partial charge on any atom is -0.365 e. The van der Waals surface area contributed by atoms with Crippen LogP contribution < -0.4 is 5.73 Å². The third kappa shape index (κ3) is 1.34. The quantitative estimate of drug-likeness (QED) is 0.762. The topological polar surface area (TPSA) is 43.1 Å². The van der Waals surface area contributed by atoms with Gasteiger partial charge in [-0.05, 0) is 18.3 Å². The van der Waals surface area contributed by atoms with Crippen LogP contribution in [-0.4, -0.2) is 5.91 Å². The number of thiophene rings is 1. The van der Waals surface area contributed by atoms with Crippen molar-refractivity contribution < 1.29 is 9.18 Å². The van der Waals surface area contributed by atoms with E-state index in [4.69, 9.17) is 5.73 Å². The molecule has 0 aliphatic heterocycles. The molecular weight excluding hydrogens is 201 g/mol. The van der Waals surface area contributed by atoms with Crippen molar-refractivity contribution >= 4 is 17.2 Å². The number of hydrogen-bond acceptors (Lipinski definition) is 2. The van der Waals surface area contributed by atoms with Crippen molar-refractivity contribution in [1.82, 2.24) is 0 Å². The zero-order valence-corrected chi connectivity index (χ0v) is 9.00. The number of hydrogen-bond donors (Lipinski definition) is 1. The lowest BCUT2D eigenvalue weighted by Gasteiger charge is -2.15. The van der Waals surface area contributed by atoms with Gasteiger partial charge in [-0.3, -0.25) is 4.79 Å². The Morgan fingerprint density at radius 3 is 2.64 bits per heavy atom. The summed E-state index contributed by atoms with van der Waals surface area (Å²) in [5.74, 6) is -1.04. The molecule has 1 aromatic heterocycles. The van der Waals surface area contributed by atoms with Crippen LogP contribution in [0.3, 0.4) is 0 Å². The maximum Gasteiger partial charge on any atom is 0.261 e. The minimum atomic E-state index is -0.653. The Bertz CT molecular complexity index is 408. The lowest BCUT2D eigenvalue weighted by Crippen LogP contribution is -2.13. The SMILES string of the molecule is CC1(C)Cc2sc(C(N)=O)c(F)c2C1. The van der Waals surface area contributed by atoms with Gasteiger partial charge in [-0.25, -0.2) is 4.39 Å². The Balaban J connectivity index is 2.46. The van der Waals surface area contributed by atoms with Gasteiger partial charge in [0.2, 0.25) is 0 Å². The Kier molecular flexibility index (Phi) is 1.93. The van der Waals surface area contributed by atoms with Gasteiger partial charge in [0.05, 0.1) is 0 Å². The smallest absolute Gasteiger partial charge is 0.261 e. The molecule has 1 aliphatic carbocycles. The molecule has 76 valence electrons. The van der Waals surface area contributed by atoms with Crippen LogP contribution in [0.2, 0.25) is 0 Å². The standard InChI is InChI=1S/C10H12FNOS/c1-10(2)3-5-6(4-10)14-8(7(5)11)9(12)13/h3-4H2,1-2H3,(H2,12,13). The van der Waals surface area contributed by atoms with Gasteiger partial charge in [-0.2, -0.15) is 0 Å². The highest BCUT2D eigenvalue weighted by Crippen LogP contribution is 2.42. The fourth-order valence-electron chi connectivity index (χ4n) is 1.94. The van der Waals surface area contributed by atoms with Gasteiger partial charge in [0, 0.05) is 10.4 Å². The number of fused-ring (bicyclic) bond motifs is 1. The van der Waals surface area contributed by atoms with E-state index < -0.39 is 5.91 Å². The van der Waals surface area contributed by atoms with Crippen molar-refractivity contribution in [2.45, 2.75) is 26.7 Å². The van der Waals surface area contributed by atoms with E-state index in [0.717, 1.165) is 11.3 Å². The first kappa shape index (κ1) is 9.65. The molecule has 1 aliphatic rings. The fourth-order valence-corrected chi connectivity index (χ4v) is 3.25. The number of rotatable bonds is 1. The first-order chi connectivity index (χ1) is 6.41. The number of amides is 1. The maximum absolute atomic E-state index is 13.6. The molecule has 0 aromatic carbocycles. The van der Waals surface area contributed by atoms with Crippen LogP contribution in [0.1, 0.15) is 34.0 Å². The normalized spacial score (nSPS) is 18.2. The number of nitrogens with two attached hydrogens (primary N) is 1. The predicted octanol–water partition coefficient (Wildman–Crippen LogP) is 2.11. The van der Waals surface area contributed by atoms with Crippen molar-refractivity contribution in [3.8, 4) is 0 Å². The molecule has 0 saturated heterocycles. The third-order valence-corrected chi connectivity index (χ3v) is 3.77. The minimum absolute atomic E-state index is 0.0884. The molecule has 2 N–H and O–H groups in total. The molecule has 1 heterocycles. The zero-order chi connectivity index (χ0) is 10.5. The van der Waals surface area contributed by atoms with Crippen LogP contribution in [-0.2, 0) is 12.8 Å². The highest BCUT2D eigenvalue weighted by atomic mass is 32.1. The second kappa shape index (κ2) is 2.79. The first-order valence-electron chi connectivity index (χ1n) is 4.50. The van der Waals surface area contributed by atoms with Crippen LogP contribution in [0.15, 0.2) is 0 Å². The van der Waals surface area contributed by atoms with E-state index in [2.05, 4.69) is 13.8 Å². The summed E-state index contributed by atoms with van der Waals surface area (Å²) in [4.78, 5) is 12.0. The van der Waals surface area contributed by atoms with E-state index in [9.17, 15) is 9.18 Å². The van der Waals surface area contributed by atoms with E-state index >= 15 is 0 Å². The lowest BCUT2D eigenvalue weighted by atomic mass is 9.90. The summed E-state index contributed by atoms with van der Waals surface area (Å²) in [6.07, 6.45) is 1.55. The number of carbonyl (C=O) groups is 1. The molecule has 0 bridgehead atoms. The highest BCUT2D eigenvalue weighted by Gasteiger charge is 2.34. The average molecular weight is 213 g/mol. The molecule has 2 nitrogen and oxygen atoms in total. The molecule has 0 radical (unpaired) electrons. The summed E-state index contributed by atoms with van der Waals surface area (Å²) < 4.78 is 13.6. The zero-order valence-electron chi connectivity index (χ0n) is 8.19. The van der Waals surface area contributed by atoms with Gasteiger partial charge < -0.3 is 5.73 Å². The maximum atomic E-state index is 13.6. The van der Waals surface area contributed by atoms with Crippen LogP contribution in [0.25, 0.3) is 0 Å². The van der Waals surface area contributed by atoms with Crippen molar-refractivity contribution in [3.63, 3.8) is 0 Å². The lowest BCUT2D eigenvalue weighted by molar-refractivity contribution is 0.100. The molecule has 0 atom stereocenters. The van der Waals surface area contributed by atoms with Gasteiger partial charge >= 0.3 is 0 Å². The third-order valence-electron chi connectivity index (χ3n) is 2.54. The molecule has 0 spiro atoms. The molecule has 0 unspecified atom stereocenters. The summed E-state index contributed by atoms with van der Waals surface area (Å²) in [6, 6.07) is 0. The second-order valence-electron chi connectivity index (χ2n) is 4.53. The van der Waals surface area contributed by atoms with Gasteiger partial charge in [0.15, 0.2) is 0 Å². The van der Waals surface area contributed by atoms with Crippen LogP contribution in [0.5, 0.6) is 0 Å². The monoisotopic (exact) mass is 213 g/mol. The van der Waals surface area contributed by atoms with Crippen molar-refractivity contribution in [2.24, 2.45) is 11.1 Å². The summed E-state index contributed by atoms with van der Waals surface area (Å²) >= 11 is 1.21. The fraction of sp³-hybridized carbons (Fsp3) is 0.500. The molecule has 1 aromatic rings. The van der Waals surface area contributed by atoms with E-state index in [1.807, 2.05) is 0 Å². The molecule has 14 heavy (non-hydrogen) atoms. The van der Waals surface area contributed by atoms with Gasteiger partial charge in [-0.1, -0.05) is 13.8 Å². The van der Waals surface area contributed by atoms with Gasteiger partial charge in [-0.15, -0.1) is 11.3 Å². The van der Waals surface area contributed by atoms with Crippen molar-refractivity contribution in [1.29, 1.82) is 0 Å². The molecule has 4 heteroatoms. The van der Waals surface area contributed by atoms with Gasteiger partial charge in [0.1, 0.15) is 10.7 Å². The van der Waals surface area contributed by atoms with E-state index in [1.165, 1.54) is 11.3 Å². The van der Waals surface area contributed by atoms with E-state index in [1.54, 1.807) is 0 Å². The molecule has 0 saturated carbocycles. The van der Waals surface area contributed by atoms with Crippen LogP contribution in [0.4, 0.5) is 4.39 Å². The predicted molar refractivity (Wildman–Crippen MR) is 54.0 cm³/mol. The summed E-state index contributed by atoms with van der Waals surface area (Å²) in [6.45, 7) is 4.20. The Morgan fingerprint density at radius 1 is 1.50 bits per heavy atom. The van der Waals surface area contributed by atoms with E-state index in [0.29, 0.717) is 12.0 Å². The molecular formula is C10H12FNOS. The largest absolute Gasteiger partial charge is 0.365 e. The summed E-state index contributed by atoms with van der Waals surface area (Å²) in [5, 5.41) is 0. The molecule has 2 rings (SSSR count). The molecule has 0 fully saturated rings. The first-order valence-corrected chi connectivity index (χ1v) is 5.32. The molecule has 1 amide bonds. The second-order valence-corrected chi connectivity index (χ2v) is 5.63. The van der Waals surface area contributed by atoms with E-state index in [-0.39, 0.29) is 16.1 Å². The highest BCUT2D eigenvalue weighted by molar-refractivity contribution is 7.14. The number of primary amides is 1. The number of carbonyl (C=O) groups excluding carboxylic acids is 1. The summed E-state index contributed by atoms with van der Waals surface area (Å²) in [5.41, 5.74) is 5.90. The average Bonchev–Trinajstić information content (AvgIpc) is 2.46. The summed E-state index contributed by atoms with van der Waals surface area (Å²) in [7, 11) is 0. The Labute approximate surface area is 85.9 Å². The van der Waals surface area contributed by atoms with Crippen molar-refractivity contribution in [2.75, 3.05) is 0 Å². The van der Waals surface area contributed by atoms with Crippen LogP contribution in [0, 0.1) is 11.2 Å². The van der Waals surface area contributed by atoms with Gasteiger partial charge in [0.25, 0.3) is 5.91 Å². The number of halogens is 1. The Hall–Kier alpha value is -0.900. The van der Waals surface area contributed by atoms with Crippen LogP contribution >= 0.6 is 11.3 Å². The van der Waals surface area contributed by atoms with Crippen molar-refractivity contribution in [3.05, 3.63) is 21.1 Å². The Morgan fingerprint density at radius 2 is 2.14 bits per heavy atom.